The van der Waals surface area contributed by atoms with E-state index < -0.39 is 17.6 Å². The van der Waals surface area contributed by atoms with Gasteiger partial charge in [0.15, 0.2) is 0 Å². The quantitative estimate of drug-likeness (QED) is 0.784. The number of carbonyl (C=O) groups is 3. The Kier molecular flexibility index (Phi) is 4.38. The first kappa shape index (κ1) is 18.9. The molecule has 0 saturated carbocycles. The van der Waals surface area contributed by atoms with Gasteiger partial charge in [0.2, 0.25) is 5.91 Å². The summed E-state index contributed by atoms with van der Waals surface area (Å²) in [5, 5.41) is 2.95. The minimum atomic E-state index is -1.06. The molecule has 0 unspecified atom stereocenters. The van der Waals surface area contributed by atoms with Gasteiger partial charge >= 0.3 is 6.03 Å². The van der Waals surface area contributed by atoms with Crippen LogP contribution < -0.4 is 10.2 Å². The van der Waals surface area contributed by atoms with Crippen molar-refractivity contribution in [1.82, 2.24) is 10.2 Å². The summed E-state index contributed by atoms with van der Waals surface area (Å²) >= 11 is 0. The van der Waals surface area contributed by atoms with Crippen molar-refractivity contribution in [2.45, 2.75) is 50.6 Å². The average molecular weight is 403 g/mol. The number of carbonyl (C=O) groups excluding carboxylic acids is 3. The first-order valence-electron chi connectivity index (χ1n) is 10.7. The highest BCUT2D eigenvalue weighted by atomic mass is 16.2. The van der Waals surface area contributed by atoms with Gasteiger partial charge in [-0.05, 0) is 61.8 Å². The second-order valence-corrected chi connectivity index (χ2v) is 8.42. The van der Waals surface area contributed by atoms with Crippen LogP contribution in [0.1, 0.15) is 42.9 Å². The number of hydrogen-bond donors (Lipinski definition) is 1. The third-order valence-electron chi connectivity index (χ3n) is 6.72. The molecule has 1 spiro atoms. The number of para-hydroxylation sites is 1. The molecule has 2 aliphatic heterocycles. The van der Waals surface area contributed by atoms with Crippen molar-refractivity contribution in [2.24, 2.45) is 0 Å². The van der Waals surface area contributed by atoms with Gasteiger partial charge in [-0.1, -0.05) is 42.5 Å². The first-order chi connectivity index (χ1) is 14.5. The van der Waals surface area contributed by atoms with Gasteiger partial charge in [0, 0.05) is 12.2 Å². The van der Waals surface area contributed by atoms with E-state index in [1.165, 1.54) is 0 Å². The molecule has 30 heavy (non-hydrogen) atoms. The predicted octanol–water partition coefficient (Wildman–Crippen LogP) is 3.14. The lowest BCUT2D eigenvalue weighted by Gasteiger charge is -2.35. The van der Waals surface area contributed by atoms with Crippen molar-refractivity contribution in [3.05, 3.63) is 65.2 Å². The largest absolute Gasteiger partial charge is 0.326 e. The minimum Gasteiger partial charge on any atom is -0.319 e. The number of nitrogens with one attached hydrogen (secondary N) is 1. The summed E-state index contributed by atoms with van der Waals surface area (Å²) in [4.78, 5) is 42.8. The molecule has 1 aliphatic carbocycles. The zero-order valence-corrected chi connectivity index (χ0v) is 17.1. The molecule has 5 rings (SSSR count). The summed E-state index contributed by atoms with van der Waals surface area (Å²) in [5.41, 5.74) is 2.90. The predicted molar refractivity (Wildman–Crippen MR) is 113 cm³/mol. The Hall–Kier alpha value is -3.15. The van der Waals surface area contributed by atoms with Crippen molar-refractivity contribution in [3.63, 3.8) is 0 Å². The Bertz CT molecular complexity index is 1050. The molecule has 6 nitrogen and oxygen atoms in total. The molecular formula is C24H25N3O3. The van der Waals surface area contributed by atoms with Crippen molar-refractivity contribution in [3.8, 4) is 0 Å². The molecule has 0 bridgehead atoms. The normalized spacial score (nSPS) is 23.8. The molecule has 2 aromatic rings. The van der Waals surface area contributed by atoms with E-state index in [2.05, 4.69) is 5.32 Å². The van der Waals surface area contributed by atoms with Gasteiger partial charge in [-0.25, -0.2) is 9.69 Å². The highest BCUT2D eigenvalue weighted by Gasteiger charge is 2.56. The molecule has 0 radical (unpaired) electrons. The number of urea groups is 1. The number of benzene rings is 2. The number of imide groups is 1. The van der Waals surface area contributed by atoms with E-state index in [1.807, 2.05) is 48.5 Å². The highest BCUT2D eigenvalue weighted by molar-refractivity contribution is 6.12. The van der Waals surface area contributed by atoms with E-state index in [0.29, 0.717) is 13.0 Å². The fraction of sp³-hybridized carbons (Fsp3) is 0.375. The van der Waals surface area contributed by atoms with E-state index in [0.717, 1.165) is 53.0 Å². The maximum absolute atomic E-state index is 13.6. The van der Waals surface area contributed by atoms with Gasteiger partial charge < -0.3 is 10.2 Å². The van der Waals surface area contributed by atoms with E-state index in [1.54, 1.807) is 11.8 Å². The van der Waals surface area contributed by atoms with E-state index >= 15 is 0 Å². The number of fused-ring (bicyclic) bond motifs is 3. The molecule has 2 aromatic carbocycles. The van der Waals surface area contributed by atoms with Gasteiger partial charge in [-0.15, -0.1) is 0 Å². The fourth-order valence-electron chi connectivity index (χ4n) is 5.23. The topological polar surface area (TPSA) is 69.7 Å². The van der Waals surface area contributed by atoms with Crippen LogP contribution in [-0.2, 0) is 28.0 Å². The van der Waals surface area contributed by atoms with Crippen LogP contribution in [0.3, 0.4) is 0 Å². The van der Waals surface area contributed by atoms with E-state index in [4.69, 9.17) is 0 Å². The Balaban J connectivity index is 1.47. The second kappa shape index (κ2) is 6.97. The SMILES string of the molecule is C[C@H](C(=O)N1CCCc2ccccc21)N1C(=O)N[C@@]2(CCCc3ccccc32)C1=O. The van der Waals surface area contributed by atoms with Crippen molar-refractivity contribution in [1.29, 1.82) is 0 Å². The zero-order valence-electron chi connectivity index (χ0n) is 17.1. The van der Waals surface area contributed by atoms with Crippen LogP contribution in [0.15, 0.2) is 48.5 Å². The number of hydrogen-bond acceptors (Lipinski definition) is 3. The van der Waals surface area contributed by atoms with Crippen LogP contribution in [0.25, 0.3) is 0 Å². The number of nitrogens with zero attached hydrogens (tertiary/aromatic N) is 2. The van der Waals surface area contributed by atoms with Gasteiger partial charge in [0.25, 0.3) is 5.91 Å². The lowest BCUT2D eigenvalue weighted by atomic mass is 9.76. The van der Waals surface area contributed by atoms with Crippen LogP contribution in [0.2, 0.25) is 0 Å². The molecule has 1 saturated heterocycles. The van der Waals surface area contributed by atoms with Crippen molar-refractivity contribution in [2.75, 3.05) is 11.4 Å². The highest BCUT2D eigenvalue weighted by Crippen LogP contribution is 2.40. The Morgan fingerprint density at radius 3 is 2.53 bits per heavy atom. The van der Waals surface area contributed by atoms with E-state index in [9.17, 15) is 14.4 Å². The molecule has 154 valence electrons. The Morgan fingerprint density at radius 2 is 1.70 bits per heavy atom. The summed E-state index contributed by atoms with van der Waals surface area (Å²) in [7, 11) is 0. The smallest absolute Gasteiger partial charge is 0.319 e. The van der Waals surface area contributed by atoms with Gasteiger partial charge in [0.1, 0.15) is 11.6 Å². The second-order valence-electron chi connectivity index (χ2n) is 8.42. The number of anilines is 1. The van der Waals surface area contributed by atoms with Crippen LogP contribution in [0.5, 0.6) is 0 Å². The molecule has 0 aromatic heterocycles. The van der Waals surface area contributed by atoms with Crippen molar-refractivity contribution < 1.29 is 14.4 Å². The zero-order chi connectivity index (χ0) is 20.9. The van der Waals surface area contributed by atoms with Crippen LogP contribution >= 0.6 is 0 Å². The molecule has 2 heterocycles. The molecule has 6 heteroatoms. The Labute approximate surface area is 175 Å². The third-order valence-corrected chi connectivity index (χ3v) is 6.72. The summed E-state index contributed by atoms with van der Waals surface area (Å²) in [6, 6.07) is 14.3. The summed E-state index contributed by atoms with van der Waals surface area (Å²) in [6.45, 7) is 2.25. The van der Waals surface area contributed by atoms with Crippen molar-refractivity contribution >= 4 is 23.5 Å². The molecule has 2 atom stereocenters. The third kappa shape index (κ3) is 2.66. The monoisotopic (exact) mass is 403 g/mol. The van der Waals surface area contributed by atoms with Gasteiger partial charge in [0.05, 0.1) is 0 Å². The Morgan fingerprint density at radius 1 is 1.00 bits per heavy atom. The number of amides is 4. The molecule has 1 N–H and O–H groups in total. The fourth-order valence-corrected chi connectivity index (χ4v) is 5.23. The summed E-state index contributed by atoms with van der Waals surface area (Å²) in [5.74, 6) is -0.530. The molecule has 3 aliphatic rings. The molecule has 1 fully saturated rings. The summed E-state index contributed by atoms with van der Waals surface area (Å²) in [6.07, 6.45) is 4.06. The lowest BCUT2D eigenvalue weighted by molar-refractivity contribution is -0.137. The summed E-state index contributed by atoms with van der Waals surface area (Å²) < 4.78 is 0. The van der Waals surface area contributed by atoms with Gasteiger partial charge in [-0.3, -0.25) is 9.59 Å². The maximum Gasteiger partial charge on any atom is 0.326 e. The molecular weight excluding hydrogens is 378 g/mol. The minimum absolute atomic E-state index is 0.216. The average Bonchev–Trinajstić information content (AvgIpc) is 3.02. The van der Waals surface area contributed by atoms with Crippen LogP contribution in [-0.4, -0.2) is 35.3 Å². The van der Waals surface area contributed by atoms with Crippen LogP contribution in [0.4, 0.5) is 10.5 Å². The molecule has 4 amide bonds. The first-order valence-corrected chi connectivity index (χ1v) is 10.7. The van der Waals surface area contributed by atoms with Crippen LogP contribution in [0, 0.1) is 0 Å². The van der Waals surface area contributed by atoms with Gasteiger partial charge in [-0.2, -0.15) is 0 Å². The number of rotatable bonds is 2. The van der Waals surface area contributed by atoms with E-state index in [-0.39, 0.29) is 11.8 Å². The standard InChI is InChI=1S/C24H25N3O3/c1-16(21(28)26-15-7-11-18-9-3-5-13-20(18)26)27-22(29)24(25-23(27)30)14-6-10-17-8-2-4-12-19(17)24/h2-5,8-9,12-13,16H,6-7,10-11,14-15H2,1H3,(H,25,30)/t16-,24-/m1/s1. The maximum atomic E-state index is 13.6. The lowest BCUT2D eigenvalue weighted by Crippen LogP contribution is -2.52. The number of aryl methyl sites for hydroxylation is 2.